The SMILES string of the molecule is CCC(=O)N(c1ccccc1)C1CCN(C(C)C(O)c2ccccc2)CC1C. The summed E-state index contributed by atoms with van der Waals surface area (Å²) in [4.78, 5) is 17.1. The van der Waals surface area contributed by atoms with Crippen LogP contribution in [0.1, 0.15) is 45.3 Å². The van der Waals surface area contributed by atoms with Crippen LogP contribution in [0, 0.1) is 5.92 Å². The Balaban J connectivity index is 1.72. The molecule has 1 saturated heterocycles. The number of carbonyl (C=O) groups excluding carboxylic acids is 1. The van der Waals surface area contributed by atoms with E-state index in [-0.39, 0.29) is 18.0 Å². The Hall–Kier alpha value is -2.17. The minimum Gasteiger partial charge on any atom is -0.387 e. The summed E-state index contributed by atoms with van der Waals surface area (Å²) < 4.78 is 0. The Morgan fingerprint density at radius 3 is 2.32 bits per heavy atom. The van der Waals surface area contributed by atoms with Gasteiger partial charge in [-0.05, 0) is 37.0 Å². The molecule has 0 spiro atoms. The number of aliphatic hydroxyl groups excluding tert-OH is 1. The van der Waals surface area contributed by atoms with E-state index in [1.807, 2.05) is 72.5 Å². The van der Waals surface area contributed by atoms with Crippen LogP contribution in [0.5, 0.6) is 0 Å². The molecule has 2 aromatic carbocycles. The molecule has 3 rings (SSSR count). The summed E-state index contributed by atoms with van der Waals surface area (Å²) in [5.74, 6) is 0.503. The predicted octanol–water partition coefficient (Wildman–Crippen LogP) is 4.26. The van der Waals surface area contributed by atoms with E-state index in [1.54, 1.807) is 0 Å². The van der Waals surface area contributed by atoms with Gasteiger partial charge < -0.3 is 10.0 Å². The molecule has 4 nitrogen and oxygen atoms in total. The van der Waals surface area contributed by atoms with Crippen LogP contribution in [-0.4, -0.2) is 41.1 Å². The number of benzene rings is 2. The van der Waals surface area contributed by atoms with Crippen molar-refractivity contribution in [3.63, 3.8) is 0 Å². The number of amides is 1. The average Bonchev–Trinajstić information content (AvgIpc) is 2.75. The first-order chi connectivity index (χ1) is 13.5. The van der Waals surface area contributed by atoms with Crippen molar-refractivity contribution in [3.05, 3.63) is 66.2 Å². The minimum absolute atomic E-state index is 0.0397. The molecule has 28 heavy (non-hydrogen) atoms. The van der Waals surface area contributed by atoms with Crippen LogP contribution in [0.2, 0.25) is 0 Å². The van der Waals surface area contributed by atoms with Gasteiger partial charge in [-0.3, -0.25) is 9.69 Å². The molecule has 1 heterocycles. The molecule has 150 valence electrons. The quantitative estimate of drug-likeness (QED) is 0.814. The standard InChI is InChI=1S/C24H32N2O2/c1-4-23(27)26(21-13-9-6-10-14-21)22-15-16-25(17-18(22)2)19(3)24(28)20-11-7-5-8-12-20/h5-14,18-19,22,24,28H,4,15-17H2,1-3H3. The lowest BCUT2D eigenvalue weighted by atomic mass is 9.89. The van der Waals surface area contributed by atoms with Crippen LogP contribution in [0.15, 0.2) is 60.7 Å². The van der Waals surface area contributed by atoms with Gasteiger partial charge in [0.1, 0.15) is 0 Å². The molecule has 1 aliphatic rings. The first kappa shape index (κ1) is 20.6. The van der Waals surface area contributed by atoms with Gasteiger partial charge in [-0.1, -0.05) is 62.4 Å². The van der Waals surface area contributed by atoms with Gasteiger partial charge in [-0.2, -0.15) is 0 Å². The molecule has 1 amide bonds. The zero-order valence-electron chi connectivity index (χ0n) is 17.2. The van der Waals surface area contributed by atoms with Gasteiger partial charge in [0.25, 0.3) is 0 Å². The number of hydrogen-bond acceptors (Lipinski definition) is 3. The zero-order chi connectivity index (χ0) is 20.1. The lowest BCUT2D eigenvalue weighted by molar-refractivity contribution is -0.119. The van der Waals surface area contributed by atoms with E-state index >= 15 is 0 Å². The molecule has 1 N–H and O–H groups in total. The number of likely N-dealkylation sites (tertiary alicyclic amines) is 1. The highest BCUT2D eigenvalue weighted by Gasteiger charge is 2.36. The second kappa shape index (κ2) is 9.35. The molecular weight excluding hydrogens is 348 g/mol. The average molecular weight is 381 g/mol. The maximum Gasteiger partial charge on any atom is 0.226 e. The Morgan fingerprint density at radius 2 is 1.75 bits per heavy atom. The Morgan fingerprint density at radius 1 is 1.14 bits per heavy atom. The molecule has 0 saturated carbocycles. The van der Waals surface area contributed by atoms with Crippen molar-refractivity contribution in [2.45, 2.75) is 51.8 Å². The van der Waals surface area contributed by atoms with Crippen molar-refractivity contribution in [2.75, 3.05) is 18.0 Å². The zero-order valence-corrected chi connectivity index (χ0v) is 17.2. The van der Waals surface area contributed by atoms with E-state index in [2.05, 4.69) is 18.7 Å². The molecule has 1 aliphatic heterocycles. The molecule has 1 fully saturated rings. The van der Waals surface area contributed by atoms with Gasteiger partial charge >= 0.3 is 0 Å². The summed E-state index contributed by atoms with van der Waals surface area (Å²) in [5, 5.41) is 10.8. The molecule has 0 aromatic heterocycles. The van der Waals surface area contributed by atoms with Crippen LogP contribution >= 0.6 is 0 Å². The van der Waals surface area contributed by atoms with Gasteiger partial charge in [0, 0.05) is 37.3 Å². The highest BCUT2D eigenvalue weighted by molar-refractivity contribution is 5.93. The highest BCUT2D eigenvalue weighted by Crippen LogP contribution is 2.31. The van der Waals surface area contributed by atoms with Gasteiger partial charge in [0.15, 0.2) is 0 Å². The van der Waals surface area contributed by atoms with Crippen molar-refractivity contribution in [2.24, 2.45) is 5.92 Å². The van der Waals surface area contributed by atoms with Crippen molar-refractivity contribution >= 4 is 11.6 Å². The summed E-state index contributed by atoms with van der Waals surface area (Å²) in [5.41, 5.74) is 1.94. The summed E-state index contributed by atoms with van der Waals surface area (Å²) >= 11 is 0. The number of carbonyl (C=O) groups is 1. The number of anilines is 1. The lowest BCUT2D eigenvalue weighted by Crippen LogP contribution is -2.54. The molecule has 0 radical (unpaired) electrons. The van der Waals surface area contributed by atoms with E-state index < -0.39 is 6.10 Å². The van der Waals surface area contributed by atoms with E-state index in [0.29, 0.717) is 12.3 Å². The second-order valence-electron chi connectivity index (χ2n) is 7.88. The van der Waals surface area contributed by atoms with Gasteiger partial charge in [0.05, 0.1) is 6.10 Å². The third-order valence-electron chi connectivity index (χ3n) is 6.00. The molecule has 0 bridgehead atoms. The van der Waals surface area contributed by atoms with Crippen LogP contribution in [-0.2, 0) is 4.79 Å². The fourth-order valence-electron chi connectivity index (χ4n) is 4.33. The van der Waals surface area contributed by atoms with E-state index in [4.69, 9.17) is 0 Å². The fraction of sp³-hybridized carbons (Fsp3) is 0.458. The van der Waals surface area contributed by atoms with Crippen LogP contribution in [0.25, 0.3) is 0 Å². The molecule has 0 aliphatic carbocycles. The third kappa shape index (κ3) is 4.45. The normalized spacial score (nSPS) is 22.4. The molecule has 4 unspecified atom stereocenters. The van der Waals surface area contributed by atoms with Crippen molar-refractivity contribution in [1.82, 2.24) is 4.90 Å². The van der Waals surface area contributed by atoms with Crippen molar-refractivity contribution in [1.29, 1.82) is 0 Å². The Kier molecular flexibility index (Phi) is 6.87. The van der Waals surface area contributed by atoms with Gasteiger partial charge in [-0.15, -0.1) is 0 Å². The maximum atomic E-state index is 12.7. The van der Waals surface area contributed by atoms with Gasteiger partial charge in [-0.25, -0.2) is 0 Å². The summed E-state index contributed by atoms with van der Waals surface area (Å²) in [6.45, 7) is 7.99. The molecular formula is C24H32N2O2. The number of hydrogen-bond donors (Lipinski definition) is 1. The number of para-hydroxylation sites is 1. The van der Waals surface area contributed by atoms with Crippen molar-refractivity contribution < 1.29 is 9.90 Å². The second-order valence-corrected chi connectivity index (χ2v) is 7.88. The van der Waals surface area contributed by atoms with Crippen molar-refractivity contribution in [3.8, 4) is 0 Å². The fourth-order valence-corrected chi connectivity index (χ4v) is 4.33. The Bertz CT molecular complexity index is 750. The van der Waals surface area contributed by atoms with Gasteiger partial charge in [0.2, 0.25) is 5.91 Å². The summed E-state index contributed by atoms with van der Waals surface area (Å²) in [7, 11) is 0. The van der Waals surface area contributed by atoms with E-state index in [1.165, 1.54) is 0 Å². The largest absolute Gasteiger partial charge is 0.387 e. The highest BCUT2D eigenvalue weighted by atomic mass is 16.3. The topological polar surface area (TPSA) is 43.8 Å². The molecule has 2 aromatic rings. The first-order valence-electron chi connectivity index (χ1n) is 10.4. The van der Waals surface area contributed by atoms with E-state index in [9.17, 15) is 9.90 Å². The Labute approximate surface area is 168 Å². The third-order valence-corrected chi connectivity index (χ3v) is 6.00. The number of piperidine rings is 1. The monoisotopic (exact) mass is 380 g/mol. The smallest absolute Gasteiger partial charge is 0.226 e. The molecule has 4 heteroatoms. The predicted molar refractivity (Wildman–Crippen MR) is 114 cm³/mol. The minimum atomic E-state index is -0.507. The number of aliphatic hydroxyl groups is 1. The van der Waals surface area contributed by atoms with E-state index in [0.717, 1.165) is 30.8 Å². The number of rotatable bonds is 6. The lowest BCUT2D eigenvalue weighted by Gasteiger charge is -2.45. The molecule has 4 atom stereocenters. The summed E-state index contributed by atoms with van der Waals surface area (Å²) in [6.07, 6.45) is 0.908. The number of nitrogens with zero attached hydrogens (tertiary/aromatic N) is 2. The summed E-state index contributed by atoms with van der Waals surface area (Å²) in [6, 6.07) is 20.1. The first-order valence-corrected chi connectivity index (χ1v) is 10.4. The maximum absolute atomic E-state index is 12.7. The van der Waals surface area contributed by atoms with Crippen LogP contribution in [0.4, 0.5) is 5.69 Å². The van der Waals surface area contributed by atoms with Crippen LogP contribution in [0.3, 0.4) is 0 Å². The van der Waals surface area contributed by atoms with Crippen LogP contribution < -0.4 is 4.90 Å².